The molecule has 96 valence electrons. The third kappa shape index (κ3) is 2.04. The first-order chi connectivity index (χ1) is 8.34. The van der Waals surface area contributed by atoms with Crippen LogP contribution >= 0.6 is 0 Å². The second-order valence-corrected chi connectivity index (χ2v) is 5.58. The molecule has 0 bridgehead atoms. The Morgan fingerprint density at radius 3 is 2.61 bits per heavy atom. The summed E-state index contributed by atoms with van der Waals surface area (Å²) in [6.07, 6.45) is 0. The highest BCUT2D eigenvalue weighted by Gasteiger charge is 2.21. The van der Waals surface area contributed by atoms with Gasteiger partial charge in [-0.3, -0.25) is 4.79 Å². The Kier molecular flexibility index (Phi) is 2.99. The standard InChI is InChI=1S/C14H19N3O/c1-14(2,3)13-16-10-7-9(12(18)8-15)5-6-11(10)17(13)4/h5-7H,8,15H2,1-4H3. The third-order valence-electron chi connectivity index (χ3n) is 3.06. The second kappa shape index (κ2) is 4.21. The highest BCUT2D eigenvalue weighted by Crippen LogP contribution is 2.25. The number of rotatable bonds is 2. The van der Waals surface area contributed by atoms with Gasteiger partial charge < -0.3 is 10.3 Å². The monoisotopic (exact) mass is 245 g/mol. The summed E-state index contributed by atoms with van der Waals surface area (Å²) in [6, 6.07) is 5.56. The number of carbonyl (C=O) groups excluding carboxylic acids is 1. The number of hydrogen-bond donors (Lipinski definition) is 1. The van der Waals surface area contributed by atoms with E-state index in [0.717, 1.165) is 16.9 Å². The summed E-state index contributed by atoms with van der Waals surface area (Å²) in [6.45, 7) is 6.41. The Bertz CT molecular complexity index is 605. The Morgan fingerprint density at radius 2 is 2.06 bits per heavy atom. The molecule has 0 radical (unpaired) electrons. The molecule has 1 aromatic heterocycles. The number of aromatic nitrogens is 2. The molecule has 0 aliphatic rings. The van der Waals surface area contributed by atoms with Crippen molar-refractivity contribution >= 4 is 16.8 Å². The summed E-state index contributed by atoms with van der Waals surface area (Å²) in [7, 11) is 2.00. The van der Waals surface area contributed by atoms with Crippen molar-refractivity contribution in [2.45, 2.75) is 26.2 Å². The Balaban J connectivity index is 2.63. The number of ketones is 1. The zero-order valence-corrected chi connectivity index (χ0v) is 11.3. The van der Waals surface area contributed by atoms with Crippen LogP contribution in [0.1, 0.15) is 37.0 Å². The highest BCUT2D eigenvalue weighted by atomic mass is 16.1. The first kappa shape index (κ1) is 12.8. The van der Waals surface area contributed by atoms with Crippen LogP contribution < -0.4 is 5.73 Å². The lowest BCUT2D eigenvalue weighted by Crippen LogP contribution is -2.17. The van der Waals surface area contributed by atoms with Crippen LogP contribution in [-0.2, 0) is 12.5 Å². The minimum absolute atomic E-state index is 0.0220. The summed E-state index contributed by atoms with van der Waals surface area (Å²) in [4.78, 5) is 16.2. The van der Waals surface area contributed by atoms with Crippen molar-refractivity contribution in [2.75, 3.05) is 6.54 Å². The van der Waals surface area contributed by atoms with Crippen LogP contribution in [0, 0.1) is 0 Å². The van der Waals surface area contributed by atoms with E-state index in [2.05, 4.69) is 30.3 Å². The van der Waals surface area contributed by atoms with Gasteiger partial charge in [0.25, 0.3) is 0 Å². The quantitative estimate of drug-likeness (QED) is 0.823. The third-order valence-corrected chi connectivity index (χ3v) is 3.06. The van der Waals surface area contributed by atoms with E-state index in [9.17, 15) is 4.79 Å². The van der Waals surface area contributed by atoms with E-state index >= 15 is 0 Å². The molecule has 18 heavy (non-hydrogen) atoms. The molecular formula is C14H19N3O. The van der Waals surface area contributed by atoms with E-state index in [1.54, 1.807) is 0 Å². The molecule has 4 nitrogen and oxygen atoms in total. The molecule has 0 saturated carbocycles. The van der Waals surface area contributed by atoms with E-state index in [0.29, 0.717) is 5.56 Å². The largest absolute Gasteiger partial charge is 0.331 e. The molecule has 0 aliphatic heterocycles. The van der Waals surface area contributed by atoms with Crippen molar-refractivity contribution in [2.24, 2.45) is 12.8 Å². The zero-order valence-electron chi connectivity index (χ0n) is 11.3. The molecule has 0 amide bonds. The Morgan fingerprint density at radius 1 is 1.39 bits per heavy atom. The summed E-state index contributed by atoms with van der Waals surface area (Å²) >= 11 is 0. The lowest BCUT2D eigenvalue weighted by atomic mass is 9.96. The van der Waals surface area contributed by atoms with Crippen molar-refractivity contribution in [3.8, 4) is 0 Å². The van der Waals surface area contributed by atoms with Crippen molar-refractivity contribution in [3.05, 3.63) is 29.6 Å². The van der Waals surface area contributed by atoms with Gasteiger partial charge in [0, 0.05) is 18.0 Å². The van der Waals surface area contributed by atoms with Crippen molar-refractivity contribution in [1.82, 2.24) is 9.55 Å². The van der Waals surface area contributed by atoms with Gasteiger partial charge in [-0.1, -0.05) is 20.8 Å². The molecule has 2 N–H and O–H groups in total. The molecule has 2 aromatic rings. The van der Waals surface area contributed by atoms with Crippen LogP contribution in [0.15, 0.2) is 18.2 Å². The van der Waals surface area contributed by atoms with E-state index < -0.39 is 0 Å². The number of hydrogen-bond acceptors (Lipinski definition) is 3. The molecule has 0 aliphatic carbocycles. The molecule has 1 aromatic carbocycles. The van der Waals surface area contributed by atoms with Gasteiger partial charge in [-0.25, -0.2) is 4.98 Å². The van der Waals surface area contributed by atoms with Gasteiger partial charge in [0.05, 0.1) is 17.6 Å². The fourth-order valence-corrected chi connectivity index (χ4v) is 2.16. The number of Topliss-reactive ketones (excluding diaryl/α,β-unsaturated/α-hetero) is 1. The van der Waals surface area contributed by atoms with Gasteiger partial charge >= 0.3 is 0 Å². The SMILES string of the molecule is Cn1c(C(C)(C)C)nc2cc(C(=O)CN)ccc21. The molecule has 0 fully saturated rings. The molecule has 1 heterocycles. The summed E-state index contributed by atoms with van der Waals surface area (Å²) in [5.74, 6) is 0.953. The van der Waals surface area contributed by atoms with E-state index in [-0.39, 0.29) is 17.7 Å². The topological polar surface area (TPSA) is 60.9 Å². The Labute approximate surface area is 107 Å². The number of fused-ring (bicyclic) bond motifs is 1. The summed E-state index contributed by atoms with van der Waals surface area (Å²) in [5.41, 5.74) is 7.87. The molecule has 0 atom stereocenters. The van der Waals surface area contributed by atoms with Crippen LogP contribution in [0.5, 0.6) is 0 Å². The summed E-state index contributed by atoms with van der Waals surface area (Å²) in [5, 5.41) is 0. The van der Waals surface area contributed by atoms with Gasteiger partial charge in [0.15, 0.2) is 5.78 Å². The van der Waals surface area contributed by atoms with Gasteiger partial charge in [0.2, 0.25) is 0 Å². The van der Waals surface area contributed by atoms with E-state index in [4.69, 9.17) is 5.73 Å². The van der Waals surface area contributed by atoms with Gasteiger partial charge in [0.1, 0.15) is 5.82 Å². The molecular weight excluding hydrogens is 226 g/mol. The number of nitrogens with zero attached hydrogens (tertiary/aromatic N) is 2. The molecule has 0 saturated heterocycles. The van der Waals surface area contributed by atoms with Gasteiger partial charge in [-0.15, -0.1) is 0 Å². The number of carbonyl (C=O) groups is 1. The lowest BCUT2D eigenvalue weighted by molar-refractivity contribution is 0.100. The maximum atomic E-state index is 11.6. The Hall–Kier alpha value is -1.68. The molecule has 0 unspecified atom stereocenters. The maximum absolute atomic E-state index is 11.6. The molecule has 2 rings (SSSR count). The number of nitrogens with two attached hydrogens (primary N) is 1. The van der Waals surface area contributed by atoms with Gasteiger partial charge in [-0.05, 0) is 18.2 Å². The highest BCUT2D eigenvalue weighted by molar-refractivity contribution is 6.00. The minimum Gasteiger partial charge on any atom is -0.331 e. The van der Waals surface area contributed by atoms with Crippen LogP contribution in [0.3, 0.4) is 0 Å². The van der Waals surface area contributed by atoms with Crippen molar-refractivity contribution in [3.63, 3.8) is 0 Å². The van der Waals surface area contributed by atoms with Crippen molar-refractivity contribution < 1.29 is 4.79 Å². The van der Waals surface area contributed by atoms with E-state index in [1.807, 2.05) is 25.2 Å². The number of imidazole rings is 1. The zero-order chi connectivity index (χ0) is 13.5. The van der Waals surface area contributed by atoms with E-state index in [1.165, 1.54) is 0 Å². The minimum atomic E-state index is -0.0557. The smallest absolute Gasteiger partial charge is 0.176 e. The lowest BCUT2D eigenvalue weighted by Gasteiger charge is -2.17. The predicted octanol–water partition coefficient (Wildman–Crippen LogP) is 2.01. The molecule has 4 heteroatoms. The van der Waals surface area contributed by atoms with Gasteiger partial charge in [-0.2, -0.15) is 0 Å². The molecule has 0 spiro atoms. The average Bonchev–Trinajstić information content (AvgIpc) is 2.65. The first-order valence-corrected chi connectivity index (χ1v) is 6.05. The van der Waals surface area contributed by atoms with Crippen LogP contribution in [0.2, 0.25) is 0 Å². The average molecular weight is 245 g/mol. The van der Waals surface area contributed by atoms with Crippen LogP contribution in [0.4, 0.5) is 0 Å². The number of benzene rings is 1. The van der Waals surface area contributed by atoms with Crippen LogP contribution in [0.25, 0.3) is 11.0 Å². The van der Waals surface area contributed by atoms with Crippen LogP contribution in [-0.4, -0.2) is 21.9 Å². The normalized spacial score (nSPS) is 12.1. The summed E-state index contributed by atoms with van der Waals surface area (Å²) < 4.78 is 2.08. The fourth-order valence-electron chi connectivity index (χ4n) is 2.16. The maximum Gasteiger partial charge on any atom is 0.176 e. The number of aryl methyl sites for hydroxylation is 1. The predicted molar refractivity (Wildman–Crippen MR) is 72.8 cm³/mol. The second-order valence-electron chi connectivity index (χ2n) is 5.58. The fraction of sp³-hybridized carbons (Fsp3) is 0.429. The first-order valence-electron chi connectivity index (χ1n) is 6.05. The van der Waals surface area contributed by atoms with Crippen molar-refractivity contribution in [1.29, 1.82) is 0 Å².